The van der Waals surface area contributed by atoms with Gasteiger partial charge in [0.1, 0.15) is 5.75 Å². The molecule has 7 nitrogen and oxygen atoms in total. The fraction of sp³-hybridized carbons (Fsp3) is 0. The number of rotatable bonds is 4. The summed E-state index contributed by atoms with van der Waals surface area (Å²) in [5.41, 5.74) is 2.04. The summed E-state index contributed by atoms with van der Waals surface area (Å²) in [6.07, 6.45) is 1.12. The van der Waals surface area contributed by atoms with Gasteiger partial charge in [0.15, 0.2) is 0 Å². The number of hydrazone groups is 1. The third-order valence-corrected chi connectivity index (χ3v) is 3.28. The molecule has 2 aromatic rings. The molecule has 1 amide bonds. The molecule has 0 aliphatic carbocycles. The predicted octanol–water partition coefficient (Wildman–Crippen LogP) is 3.37. The largest absolute Gasteiger partial charge is 0.506 e. The number of aromatic hydroxyl groups is 1. The highest BCUT2D eigenvalue weighted by Gasteiger charge is 2.15. The number of halogens is 2. The van der Waals surface area contributed by atoms with Gasteiger partial charge in [-0.25, -0.2) is 5.43 Å². The van der Waals surface area contributed by atoms with Crippen molar-refractivity contribution in [3.05, 3.63) is 67.7 Å². The highest BCUT2D eigenvalue weighted by atomic mass is 35.5. The zero-order valence-electron chi connectivity index (χ0n) is 11.4. The summed E-state index contributed by atoms with van der Waals surface area (Å²) >= 11 is 11.5. The molecule has 0 aliphatic heterocycles. The summed E-state index contributed by atoms with van der Waals surface area (Å²) < 4.78 is 0. The van der Waals surface area contributed by atoms with E-state index in [9.17, 15) is 20.0 Å². The van der Waals surface area contributed by atoms with Gasteiger partial charge in [-0.1, -0.05) is 35.3 Å². The summed E-state index contributed by atoms with van der Waals surface area (Å²) in [6.45, 7) is 0. The maximum atomic E-state index is 11.9. The average Bonchev–Trinajstić information content (AvgIpc) is 2.51. The number of nitrogens with one attached hydrogen (secondary N) is 1. The molecule has 0 spiro atoms. The van der Waals surface area contributed by atoms with Crippen molar-refractivity contribution in [2.75, 3.05) is 0 Å². The van der Waals surface area contributed by atoms with Crippen LogP contribution in [0.1, 0.15) is 15.9 Å². The number of carbonyl (C=O) groups excluding carboxylic acids is 1. The van der Waals surface area contributed by atoms with Gasteiger partial charge in [0, 0.05) is 11.1 Å². The Labute approximate surface area is 140 Å². The van der Waals surface area contributed by atoms with Crippen LogP contribution in [0.3, 0.4) is 0 Å². The van der Waals surface area contributed by atoms with E-state index >= 15 is 0 Å². The topological polar surface area (TPSA) is 105 Å². The van der Waals surface area contributed by atoms with Gasteiger partial charge >= 0.3 is 0 Å². The van der Waals surface area contributed by atoms with Gasteiger partial charge in [-0.05, 0) is 18.2 Å². The maximum absolute atomic E-state index is 11.9. The van der Waals surface area contributed by atoms with Crippen LogP contribution in [0.25, 0.3) is 0 Å². The lowest BCUT2D eigenvalue weighted by atomic mass is 10.2. The number of phenols is 1. The number of para-hydroxylation sites is 1. The molecular weight excluding hydrogens is 345 g/mol. The Morgan fingerprint density at radius 2 is 2.00 bits per heavy atom. The van der Waals surface area contributed by atoms with Crippen LogP contribution in [-0.4, -0.2) is 22.2 Å². The molecule has 2 aromatic carbocycles. The molecular formula is C14H9Cl2N3O4. The number of nitro benzene ring substituents is 1. The van der Waals surface area contributed by atoms with E-state index in [1.807, 2.05) is 0 Å². The Morgan fingerprint density at radius 1 is 1.30 bits per heavy atom. The first-order valence-electron chi connectivity index (χ1n) is 6.15. The van der Waals surface area contributed by atoms with Crippen molar-refractivity contribution < 1.29 is 14.8 Å². The summed E-state index contributed by atoms with van der Waals surface area (Å²) in [6, 6.07) is 8.40. The van der Waals surface area contributed by atoms with Crippen LogP contribution in [-0.2, 0) is 0 Å². The minimum absolute atomic E-state index is 0.0784. The Bertz CT molecular complexity index is 809. The number of phenolic OH excluding ortho intramolecular Hbond substituents is 1. The number of amides is 1. The second kappa shape index (κ2) is 7.08. The Kier molecular flexibility index (Phi) is 5.15. The van der Waals surface area contributed by atoms with Crippen molar-refractivity contribution in [2.45, 2.75) is 0 Å². The van der Waals surface area contributed by atoms with Gasteiger partial charge in [0.05, 0.1) is 27.3 Å². The SMILES string of the molecule is O=C(N/N=C/c1ccccc1[N+](=O)[O-])c1cc(Cl)cc(Cl)c1O. The van der Waals surface area contributed by atoms with E-state index in [0.29, 0.717) is 0 Å². The number of hydrogen-bond donors (Lipinski definition) is 2. The molecule has 0 aliphatic rings. The molecule has 0 atom stereocenters. The van der Waals surface area contributed by atoms with Crippen molar-refractivity contribution in [2.24, 2.45) is 5.10 Å². The van der Waals surface area contributed by atoms with Crippen LogP contribution in [0.5, 0.6) is 5.75 Å². The summed E-state index contributed by atoms with van der Waals surface area (Å²) in [5, 5.41) is 24.3. The fourth-order valence-electron chi connectivity index (χ4n) is 1.72. The fourth-order valence-corrected chi connectivity index (χ4v) is 2.22. The molecule has 118 valence electrons. The first-order chi connectivity index (χ1) is 10.9. The second-order valence-electron chi connectivity index (χ2n) is 4.30. The summed E-state index contributed by atoms with van der Waals surface area (Å²) in [5.74, 6) is -1.20. The third-order valence-electron chi connectivity index (χ3n) is 2.78. The van der Waals surface area contributed by atoms with Crippen molar-refractivity contribution >= 4 is 41.0 Å². The first-order valence-corrected chi connectivity index (χ1v) is 6.90. The molecule has 0 saturated carbocycles. The quantitative estimate of drug-likeness (QED) is 0.499. The van der Waals surface area contributed by atoms with E-state index in [4.69, 9.17) is 23.2 Å². The van der Waals surface area contributed by atoms with Gasteiger partial charge in [-0.2, -0.15) is 5.10 Å². The van der Waals surface area contributed by atoms with E-state index in [1.165, 1.54) is 30.3 Å². The molecule has 0 unspecified atom stereocenters. The normalized spacial score (nSPS) is 10.7. The van der Waals surface area contributed by atoms with E-state index in [1.54, 1.807) is 6.07 Å². The summed E-state index contributed by atoms with van der Waals surface area (Å²) in [7, 11) is 0. The van der Waals surface area contributed by atoms with E-state index in [2.05, 4.69) is 10.5 Å². The van der Waals surface area contributed by atoms with E-state index in [-0.39, 0.29) is 26.9 Å². The summed E-state index contributed by atoms with van der Waals surface area (Å²) in [4.78, 5) is 22.2. The zero-order valence-corrected chi connectivity index (χ0v) is 12.9. The molecule has 2 N–H and O–H groups in total. The number of nitro groups is 1. The van der Waals surface area contributed by atoms with Gasteiger partial charge in [-0.15, -0.1) is 0 Å². The van der Waals surface area contributed by atoms with Crippen LogP contribution in [0, 0.1) is 10.1 Å². The Hall–Kier alpha value is -2.64. The van der Waals surface area contributed by atoms with Crippen molar-refractivity contribution in [1.29, 1.82) is 0 Å². The molecule has 23 heavy (non-hydrogen) atoms. The number of nitrogens with zero attached hydrogens (tertiary/aromatic N) is 2. The molecule has 0 saturated heterocycles. The Morgan fingerprint density at radius 3 is 2.70 bits per heavy atom. The molecule has 0 radical (unpaired) electrons. The van der Waals surface area contributed by atoms with Crippen molar-refractivity contribution in [3.63, 3.8) is 0 Å². The predicted molar refractivity (Wildman–Crippen MR) is 86.3 cm³/mol. The number of hydrogen-bond acceptors (Lipinski definition) is 5. The molecule has 0 heterocycles. The average molecular weight is 354 g/mol. The van der Waals surface area contributed by atoms with Gasteiger partial charge < -0.3 is 5.11 Å². The zero-order chi connectivity index (χ0) is 17.0. The van der Waals surface area contributed by atoms with Crippen molar-refractivity contribution in [3.8, 4) is 5.75 Å². The molecule has 0 aromatic heterocycles. The van der Waals surface area contributed by atoms with Crippen LogP contribution in [0.2, 0.25) is 10.0 Å². The van der Waals surface area contributed by atoms with E-state index < -0.39 is 16.6 Å². The van der Waals surface area contributed by atoms with Gasteiger partial charge in [-0.3, -0.25) is 14.9 Å². The van der Waals surface area contributed by atoms with Crippen molar-refractivity contribution in [1.82, 2.24) is 5.43 Å². The number of benzene rings is 2. The first kappa shape index (κ1) is 16.7. The standard InChI is InChI=1S/C14H9Cl2N3O4/c15-9-5-10(13(20)11(16)6-9)14(21)18-17-7-8-3-1-2-4-12(8)19(22)23/h1-7,20H,(H,18,21)/b17-7+. The minimum atomic E-state index is -0.762. The number of carbonyl (C=O) groups is 1. The highest BCUT2D eigenvalue weighted by Crippen LogP contribution is 2.30. The van der Waals surface area contributed by atoms with Gasteiger partial charge in [0.25, 0.3) is 11.6 Å². The van der Waals surface area contributed by atoms with Crippen LogP contribution >= 0.6 is 23.2 Å². The molecule has 9 heteroatoms. The molecule has 0 bridgehead atoms. The highest BCUT2D eigenvalue weighted by molar-refractivity contribution is 6.36. The molecule has 0 fully saturated rings. The Balaban J connectivity index is 2.19. The molecule has 2 rings (SSSR count). The third kappa shape index (κ3) is 3.97. The lowest BCUT2D eigenvalue weighted by Crippen LogP contribution is -2.18. The van der Waals surface area contributed by atoms with E-state index in [0.717, 1.165) is 6.21 Å². The lowest BCUT2D eigenvalue weighted by Gasteiger charge is -2.05. The van der Waals surface area contributed by atoms with Crippen LogP contribution in [0.15, 0.2) is 41.5 Å². The maximum Gasteiger partial charge on any atom is 0.278 e. The second-order valence-corrected chi connectivity index (χ2v) is 5.14. The minimum Gasteiger partial charge on any atom is -0.506 e. The monoisotopic (exact) mass is 353 g/mol. The van der Waals surface area contributed by atoms with Gasteiger partial charge in [0.2, 0.25) is 0 Å². The van der Waals surface area contributed by atoms with Crippen LogP contribution in [0.4, 0.5) is 5.69 Å². The lowest BCUT2D eigenvalue weighted by molar-refractivity contribution is -0.385. The van der Waals surface area contributed by atoms with Crippen LogP contribution < -0.4 is 5.43 Å². The smallest absolute Gasteiger partial charge is 0.278 e.